The van der Waals surface area contributed by atoms with Crippen molar-refractivity contribution in [2.45, 2.75) is 38.6 Å². The summed E-state index contributed by atoms with van der Waals surface area (Å²) in [5.41, 5.74) is 1.78. The molecule has 0 spiro atoms. The molecule has 1 aliphatic rings. The number of nitrogens with one attached hydrogen (secondary N) is 2. The highest BCUT2D eigenvalue weighted by atomic mass is 16.3. The van der Waals surface area contributed by atoms with E-state index in [0.29, 0.717) is 17.7 Å². The molecule has 3 rings (SSSR count). The second-order valence-corrected chi connectivity index (χ2v) is 6.63. The van der Waals surface area contributed by atoms with Crippen molar-refractivity contribution in [1.82, 2.24) is 9.97 Å². The lowest BCUT2D eigenvalue weighted by Crippen LogP contribution is -2.30. The van der Waals surface area contributed by atoms with E-state index in [-0.39, 0.29) is 24.3 Å². The molecule has 0 bridgehead atoms. The summed E-state index contributed by atoms with van der Waals surface area (Å²) in [5.74, 6) is 2.17. The fourth-order valence-electron chi connectivity index (χ4n) is 2.50. The highest BCUT2D eigenvalue weighted by molar-refractivity contribution is 5.59. The Morgan fingerprint density at radius 2 is 2.00 bits per heavy atom. The maximum absolute atomic E-state index is 9.60. The number of hydrogen-bond acceptors (Lipinski definition) is 6. The summed E-state index contributed by atoms with van der Waals surface area (Å²) in [4.78, 5) is 9.11. The number of anilines is 3. The molecule has 1 heterocycles. The van der Waals surface area contributed by atoms with Gasteiger partial charge in [-0.05, 0) is 30.9 Å². The van der Waals surface area contributed by atoms with Crippen LogP contribution < -0.4 is 10.6 Å². The van der Waals surface area contributed by atoms with Crippen LogP contribution in [0.2, 0.25) is 0 Å². The van der Waals surface area contributed by atoms with Crippen molar-refractivity contribution in [1.29, 1.82) is 0 Å². The van der Waals surface area contributed by atoms with Gasteiger partial charge in [-0.1, -0.05) is 19.9 Å². The third-order valence-corrected chi connectivity index (χ3v) is 4.18. The lowest BCUT2D eigenvalue weighted by atomic mass is 10.1. The van der Waals surface area contributed by atoms with Crippen LogP contribution in [0.25, 0.3) is 0 Å². The molecule has 128 valence electrons. The molecule has 1 atom stereocenters. The van der Waals surface area contributed by atoms with E-state index >= 15 is 0 Å². The first-order chi connectivity index (χ1) is 11.5. The first-order valence-electron chi connectivity index (χ1n) is 8.37. The molecule has 4 N–H and O–H groups in total. The predicted molar refractivity (Wildman–Crippen MR) is 94.7 cm³/mol. The van der Waals surface area contributed by atoms with Crippen LogP contribution in [0, 0.1) is 5.92 Å². The number of phenolic OH excluding ortho intramolecular Hbond substituents is 1. The number of phenols is 1. The second-order valence-electron chi connectivity index (χ2n) is 6.63. The average Bonchev–Trinajstić information content (AvgIpc) is 3.37. The van der Waals surface area contributed by atoms with E-state index in [1.54, 1.807) is 18.2 Å². The number of aliphatic hydroxyl groups excluding tert-OH is 1. The number of rotatable bonds is 7. The smallest absolute Gasteiger partial charge is 0.225 e. The molecule has 1 aromatic carbocycles. The topological polar surface area (TPSA) is 90.3 Å². The monoisotopic (exact) mass is 328 g/mol. The highest BCUT2D eigenvalue weighted by Gasteiger charge is 2.26. The Hall–Kier alpha value is -2.34. The van der Waals surface area contributed by atoms with Crippen molar-refractivity contribution in [3.8, 4) is 5.75 Å². The lowest BCUT2D eigenvalue weighted by molar-refractivity contribution is 0.248. The van der Waals surface area contributed by atoms with Gasteiger partial charge in [0.2, 0.25) is 5.95 Å². The van der Waals surface area contributed by atoms with Gasteiger partial charge in [0.1, 0.15) is 11.6 Å². The van der Waals surface area contributed by atoms with Gasteiger partial charge in [0.05, 0.1) is 18.3 Å². The van der Waals surface area contributed by atoms with E-state index in [9.17, 15) is 10.2 Å². The van der Waals surface area contributed by atoms with Crippen molar-refractivity contribution < 1.29 is 10.2 Å². The Bertz CT molecular complexity index is 701. The molecule has 6 nitrogen and oxygen atoms in total. The molecule has 1 saturated carbocycles. The Kier molecular flexibility index (Phi) is 4.85. The van der Waals surface area contributed by atoms with E-state index in [0.717, 1.165) is 24.2 Å². The summed E-state index contributed by atoms with van der Waals surface area (Å²) < 4.78 is 0. The first kappa shape index (κ1) is 16.5. The average molecular weight is 328 g/mol. The molecule has 0 aliphatic heterocycles. The number of nitrogens with zero attached hydrogens (tertiary/aromatic N) is 2. The lowest BCUT2D eigenvalue weighted by Gasteiger charge is -2.20. The van der Waals surface area contributed by atoms with Crippen molar-refractivity contribution in [3.63, 3.8) is 0 Å². The maximum Gasteiger partial charge on any atom is 0.225 e. The van der Waals surface area contributed by atoms with Gasteiger partial charge in [-0.15, -0.1) is 0 Å². The molecule has 1 aliphatic carbocycles. The Balaban J connectivity index is 1.85. The van der Waals surface area contributed by atoms with Crippen LogP contribution in [0.15, 0.2) is 30.3 Å². The van der Waals surface area contributed by atoms with Crippen LogP contribution in [-0.2, 0) is 0 Å². The van der Waals surface area contributed by atoms with Gasteiger partial charge in [0.25, 0.3) is 0 Å². The molecule has 24 heavy (non-hydrogen) atoms. The third-order valence-electron chi connectivity index (χ3n) is 4.18. The quantitative estimate of drug-likeness (QED) is 0.624. The van der Waals surface area contributed by atoms with Crippen molar-refractivity contribution in [3.05, 3.63) is 36.0 Å². The fourth-order valence-corrected chi connectivity index (χ4v) is 2.50. The Labute approximate surface area is 142 Å². The van der Waals surface area contributed by atoms with Crippen molar-refractivity contribution in [2.24, 2.45) is 5.92 Å². The largest absolute Gasteiger partial charge is 0.508 e. The molecule has 0 amide bonds. The minimum absolute atomic E-state index is 0.0317. The molecule has 0 saturated heterocycles. The summed E-state index contributed by atoms with van der Waals surface area (Å²) >= 11 is 0. The number of hydrogen-bond donors (Lipinski definition) is 4. The molecule has 1 aromatic heterocycles. The standard InChI is InChI=1S/C18H24N4O2/c1-11(2)16(10-23)21-18-20-15(12-6-7-12)9-17(22-18)19-13-4-3-5-14(24)8-13/h3-5,8-9,11-12,16,23-24H,6-7,10H2,1-2H3,(H2,19,20,21,22)/t16-/m0/s1. The highest BCUT2D eigenvalue weighted by Crippen LogP contribution is 2.40. The Morgan fingerprint density at radius 3 is 2.62 bits per heavy atom. The van der Waals surface area contributed by atoms with Gasteiger partial charge in [-0.25, -0.2) is 4.98 Å². The van der Waals surface area contributed by atoms with E-state index in [4.69, 9.17) is 0 Å². The van der Waals surface area contributed by atoms with Gasteiger partial charge < -0.3 is 20.8 Å². The summed E-state index contributed by atoms with van der Waals surface area (Å²) in [5, 5.41) is 25.6. The van der Waals surface area contributed by atoms with E-state index in [1.165, 1.54) is 0 Å². The van der Waals surface area contributed by atoms with Crippen molar-refractivity contribution in [2.75, 3.05) is 17.2 Å². The second kappa shape index (κ2) is 7.05. The molecule has 0 radical (unpaired) electrons. The third kappa shape index (κ3) is 4.14. The van der Waals surface area contributed by atoms with E-state index in [1.807, 2.05) is 26.0 Å². The maximum atomic E-state index is 9.60. The molecular weight excluding hydrogens is 304 g/mol. The number of aromatic hydroxyl groups is 1. The van der Waals surface area contributed by atoms with Crippen LogP contribution >= 0.6 is 0 Å². The molecule has 1 fully saturated rings. The van der Waals surface area contributed by atoms with Crippen LogP contribution in [0.4, 0.5) is 17.5 Å². The summed E-state index contributed by atoms with van der Waals surface area (Å²) in [6, 6.07) is 8.79. The number of aromatic nitrogens is 2. The zero-order chi connectivity index (χ0) is 17.1. The van der Waals surface area contributed by atoms with E-state index < -0.39 is 0 Å². The first-order valence-corrected chi connectivity index (χ1v) is 8.37. The Morgan fingerprint density at radius 1 is 1.21 bits per heavy atom. The molecule has 2 aromatic rings. The zero-order valence-electron chi connectivity index (χ0n) is 14.0. The predicted octanol–water partition coefficient (Wildman–Crippen LogP) is 3.23. The summed E-state index contributed by atoms with van der Waals surface area (Å²) in [7, 11) is 0. The van der Waals surface area contributed by atoms with Gasteiger partial charge in [0.15, 0.2) is 0 Å². The summed E-state index contributed by atoms with van der Waals surface area (Å²) in [6.07, 6.45) is 2.30. The van der Waals surface area contributed by atoms with E-state index in [2.05, 4.69) is 20.6 Å². The minimum atomic E-state index is -0.0897. The van der Waals surface area contributed by atoms with Crippen LogP contribution in [0.1, 0.15) is 38.3 Å². The van der Waals surface area contributed by atoms with Gasteiger partial charge in [0, 0.05) is 23.7 Å². The zero-order valence-corrected chi connectivity index (χ0v) is 14.0. The van der Waals surface area contributed by atoms with Crippen LogP contribution in [0.5, 0.6) is 5.75 Å². The molecular formula is C18H24N4O2. The van der Waals surface area contributed by atoms with Crippen molar-refractivity contribution >= 4 is 17.5 Å². The number of aliphatic hydroxyl groups is 1. The minimum Gasteiger partial charge on any atom is -0.508 e. The van der Waals surface area contributed by atoms with Crippen LogP contribution in [0.3, 0.4) is 0 Å². The van der Waals surface area contributed by atoms with Gasteiger partial charge in [-0.3, -0.25) is 0 Å². The number of benzene rings is 1. The van der Waals surface area contributed by atoms with Crippen LogP contribution in [-0.4, -0.2) is 32.8 Å². The normalized spacial score (nSPS) is 15.3. The summed E-state index contributed by atoms with van der Waals surface area (Å²) in [6.45, 7) is 4.12. The van der Waals surface area contributed by atoms with Gasteiger partial charge in [-0.2, -0.15) is 4.98 Å². The fraction of sp³-hybridized carbons (Fsp3) is 0.444. The molecule has 6 heteroatoms. The molecule has 0 unspecified atom stereocenters. The SMILES string of the molecule is CC(C)[C@H](CO)Nc1nc(Nc2cccc(O)c2)cc(C2CC2)n1. The van der Waals surface area contributed by atoms with Gasteiger partial charge >= 0.3 is 0 Å².